The van der Waals surface area contributed by atoms with Gasteiger partial charge in [0.1, 0.15) is 11.9 Å². The van der Waals surface area contributed by atoms with Gasteiger partial charge < -0.3 is 16.4 Å². The van der Waals surface area contributed by atoms with E-state index in [2.05, 4.69) is 15.6 Å². The zero-order valence-corrected chi connectivity index (χ0v) is 10.7. The van der Waals surface area contributed by atoms with E-state index in [0.29, 0.717) is 5.82 Å². The third kappa shape index (κ3) is 3.73. The highest BCUT2D eigenvalue weighted by Crippen LogP contribution is 2.11. The summed E-state index contributed by atoms with van der Waals surface area (Å²) in [5.74, 6) is -0.426. The fourth-order valence-corrected chi connectivity index (χ4v) is 1.40. The van der Waals surface area contributed by atoms with Crippen LogP contribution >= 0.6 is 0 Å². The Bertz CT molecular complexity index is 445. The number of nitrogens with two attached hydrogens (primary N) is 1. The molecule has 0 radical (unpaired) electrons. The van der Waals surface area contributed by atoms with E-state index in [1.165, 1.54) is 6.20 Å². The number of aromatic nitrogens is 1. The molecule has 0 fully saturated rings. The standard InChI is InChI=1S/C12H18N4O2/c1-7(2)15-12(18)8(3)16-11-9(10(13)17)5-4-6-14-11/h4-8H,1-3H3,(H2,13,17)(H,14,16)(H,15,18). The topological polar surface area (TPSA) is 97.1 Å². The molecule has 2 amide bonds. The summed E-state index contributed by atoms with van der Waals surface area (Å²) in [6.45, 7) is 5.44. The van der Waals surface area contributed by atoms with E-state index in [1.54, 1.807) is 19.1 Å². The molecule has 1 aromatic rings. The van der Waals surface area contributed by atoms with E-state index in [1.807, 2.05) is 13.8 Å². The first-order valence-electron chi connectivity index (χ1n) is 5.73. The van der Waals surface area contributed by atoms with E-state index in [4.69, 9.17) is 5.73 Å². The van der Waals surface area contributed by atoms with Crippen LogP contribution in [0, 0.1) is 0 Å². The van der Waals surface area contributed by atoms with Crippen molar-refractivity contribution in [2.45, 2.75) is 32.9 Å². The molecule has 1 aromatic heterocycles. The zero-order chi connectivity index (χ0) is 13.7. The van der Waals surface area contributed by atoms with Crippen molar-refractivity contribution in [3.63, 3.8) is 0 Å². The summed E-state index contributed by atoms with van der Waals surface area (Å²) in [6.07, 6.45) is 1.53. The van der Waals surface area contributed by atoms with Gasteiger partial charge in [0.15, 0.2) is 0 Å². The molecule has 0 aromatic carbocycles. The number of nitrogens with one attached hydrogen (secondary N) is 2. The van der Waals surface area contributed by atoms with Gasteiger partial charge in [-0.1, -0.05) is 0 Å². The molecule has 98 valence electrons. The molecule has 0 aliphatic carbocycles. The molecule has 6 nitrogen and oxygen atoms in total. The van der Waals surface area contributed by atoms with Gasteiger partial charge in [0, 0.05) is 12.2 Å². The molecule has 0 saturated carbocycles. The summed E-state index contributed by atoms with van der Waals surface area (Å²) in [4.78, 5) is 26.9. The number of pyridine rings is 1. The lowest BCUT2D eigenvalue weighted by Crippen LogP contribution is -2.41. The van der Waals surface area contributed by atoms with Crippen LogP contribution in [-0.4, -0.2) is 28.9 Å². The zero-order valence-electron chi connectivity index (χ0n) is 10.7. The van der Waals surface area contributed by atoms with E-state index < -0.39 is 11.9 Å². The number of hydrogen-bond acceptors (Lipinski definition) is 4. The van der Waals surface area contributed by atoms with Crippen molar-refractivity contribution in [3.05, 3.63) is 23.9 Å². The smallest absolute Gasteiger partial charge is 0.252 e. The van der Waals surface area contributed by atoms with Crippen LogP contribution in [0.1, 0.15) is 31.1 Å². The number of anilines is 1. The second-order valence-corrected chi connectivity index (χ2v) is 4.29. The number of carbonyl (C=O) groups is 2. The molecule has 1 atom stereocenters. The van der Waals surface area contributed by atoms with Crippen molar-refractivity contribution in [1.29, 1.82) is 0 Å². The lowest BCUT2D eigenvalue weighted by atomic mass is 10.2. The monoisotopic (exact) mass is 250 g/mol. The van der Waals surface area contributed by atoms with Gasteiger partial charge >= 0.3 is 0 Å². The van der Waals surface area contributed by atoms with Gasteiger partial charge in [-0.25, -0.2) is 4.98 Å². The van der Waals surface area contributed by atoms with Crippen LogP contribution in [0.15, 0.2) is 18.3 Å². The summed E-state index contributed by atoms with van der Waals surface area (Å²) in [5.41, 5.74) is 5.49. The van der Waals surface area contributed by atoms with Crippen molar-refractivity contribution >= 4 is 17.6 Å². The quantitative estimate of drug-likeness (QED) is 0.709. The highest BCUT2D eigenvalue weighted by molar-refractivity contribution is 5.98. The van der Waals surface area contributed by atoms with Gasteiger partial charge in [-0.15, -0.1) is 0 Å². The molecule has 0 aliphatic rings. The van der Waals surface area contributed by atoms with Crippen LogP contribution in [0.3, 0.4) is 0 Å². The summed E-state index contributed by atoms with van der Waals surface area (Å²) in [6, 6.07) is 2.73. The SMILES string of the molecule is CC(C)NC(=O)C(C)Nc1ncccc1C(N)=O. The van der Waals surface area contributed by atoms with Crippen molar-refractivity contribution in [3.8, 4) is 0 Å². The maximum absolute atomic E-state index is 11.7. The van der Waals surface area contributed by atoms with Gasteiger partial charge in [-0.3, -0.25) is 9.59 Å². The molecule has 0 saturated heterocycles. The first-order chi connectivity index (χ1) is 8.41. The van der Waals surface area contributed by atoms with Crippen molar-refractivity contribution in [2.75, 3.05) is 5.32 Å². The highest BCUT2D eigenvalue weighted by atomic mass is 16.2. The fraction of sp³-hybridized carbons (Fsp3) is 0.417. The summed E-state index contributed by atoms with van der Waals surface area (Å²) < 4.78 is 0. The molecule has 6 heteroatoms. The predicted molar refractivity (Wildman–Crippen MR) is 69.1 cm³/mol. The average molecular weight is 250 g/mol. The summed E-state index contributed by atoms with van der Waals surface area (Å²) >= 11 is 0. The van der Waals surface area contributed by atoms with Crippen LogP contribution < -0.4 is 16.4 Å². The largest absolute Gasteiger partial charge is 0.365 e. The van der Waals surface area contributed by atoms with E-state index in [0.717, 1.165) is 0 Å². The van der Waals surface area contributed by atoms with Gasteiger partial charge in [-0.2, -0.15) is 0 Å². The Morgan fingerprint density at radius 2 is 2.00 bits per heavy atom. The molecule has 0 bridgehead atoms. The maximum atomic E-state index is 11.7. The Labute approximate surface area is 106 Å². The van der Waals surface area contributed by atoms with Gasteiger partial charge in [0.25, 0.3) is 5.91 Å². The Morgan fingerprint density at radius 3 is 2.56 bits per heavy atom. The molecule has 0 aliphatic heterocycles. The second-order valence-electron chi connectivity index (χ2n) is 4.29. The van der Waals surface area contributed by atoms with Gasteiger partial charge in [-0.05, 0) is 32.9 Å². The number of nitrogens with zero attached hydrogens (tertiary/aromatic N) is 1. The van der Waals surface area contributed by atoms with E-state index >= 15 is 0 Å². The molecule has 0 spiro atoms. The Kier molecular flexibility index (Phi) is 4.65. The molecule has 1 rings (SSSR count). The molecular weight excluding hydrogens is 232 g/mol. The Morgan fingerprint density at radius 1 is 1.33 bits per heavy atom. The maximum Gasteiger partial charge on any atom is 0.252 e. The first kappa shape index (κ1) is 14.0. The predicted octanol–water partition coefficient (Wildman–Crippen LogP) is 0.505. The minimum atomic E-state index is -0.581. The molecule has 1 heterocycles. The Hall–Kier alpha value is -2.11. The minimum absolute atomic E-state index is 0.0566. The third-order valence-corrected chi connectivity index (χ3v) is 2.25. The van der Waals surface area contributed by atoms with E-state index in [9.17, 15) is 9.59 Å². The summed E-state index contributed by atoms with van der Waals surface area (Å²) in [5, 5.41) is 5.64. The van der Waals surface area contributed by atoms with Crippen molar-refractivity contribution in [1.82, 2.24) is 10.3 Å². The van der Waals surface area contributed by atoms with Crippen LogP contribution in [0.25, 0.3) is 0 Å². The second kappa shape index (κ2) is 6.00. The summed E-state index contributed by atoms with van der Waals surface area (Å²) in [7, 11) is 0. The molecular formula is C12H18N4O2. The molecule has 1 unspecified atom stereocenters. The van der Waals surface area contributed by atoms with Crippen LogP contribution in [0.2, 0.25) is 0 Å². The van der Waals surface area contributed by atoms with Crippen LogP contribution in [0.4, 0.5) is 5.82 Å². The molecule has 4 N–H and O–H groups in total. The normalized spacial score (nSPS) is 12.0. The van der Waals surface area contributed by atoms with Crippen molar-refractivity contribution in [2.24, 2.45) is 5.73 Å². The van der Waals surface area contributed by atoms with Crippen molar-refractivity contribution < 1.29 is 9.59 Å². The van der Waals surface area contributed by atoms with Gasteiger partial charge in [0.2, 0.25) is 5.91 Å². The molecule has 18 heavy (non-hydrogen) atoms. The fourth-order valence-electron chi connectivity index (χ4n) is 1.40. The number of primary amides is 1. The van der Waals surface area contributed by atoms with Gasteiger partial charge in [0.05, 0.1) is 5.56 Å². The third-order valence-electron chi connectivity index (χ3n) is 2.25. The number of hydrogen-bond donors (Lipinski definition) is 3. The highest BCUT2D eigenvalue weighted by Gasteiger charge is 2.16. The van der Waals surface area contributed by atoms with E-state index in [-0.39, 0.29) is 17.5 Å². The minimum Gasteiger partial charge on any atom is -0.365 e. The number of carbonyl (C=O) groups excluding carboxylic acids is 2. The first-order valence-corrected chi connectivity index (χ1v) is 5.73. The lowest BCUT2D eigenvalue weighted by Gasteiger charge is -2.17. The lowest BCUT2D eigenvalue weighted by molar-refractivity contribution is -0.122. The number of amides is 2. The Balaban J connectivity index is 2.78. The van der Waals surface area contributed by atoms with Crippen LogP contribution in [0.5, 0.6) is 0 Å². The van der Waals surface area contributed by atoms with Crippen LogP contribution in [-0.2, 0) is 4.79 Å². The number of rotatable bonds is 5. The average Bonchev–Trinajstić information content (AvgIpc) is 2.28.